The number of carbonyl (C=O) groups excluding carboxylic acids is 1. The van der Waals surface area contributed by atoms with E-state index in [2.05, 4.69) is 35.6 Å². The lowest BCUT2D eigenvalue weighted by molar-refractivity contribution is -0.140. The summed E-state index contributed by atoms with van der Waals surface area (Å²) in [6.07, 6.45) is 5.46. The largest absolute Gasteiger partial charge is 0.465 e. The Labute approximate surface area is 213 Å². The molecule has 0 spiro atoms. The molecular formula is C25H32N4O4S2. The summed E-state index contributed by atoms with van der Waals surface area (Å²) in [6.45, 7) is 10.5. The van der Waals surface area contributed by atoms with Gasteiger partial charge < -0.3 is 19.1 Å². The molecule has 0 N–H and O–H groups in total. The molecule has 5 heterocycles. The second kappa shape index (κ2) is 10.5. The number of fused-ring (bicyclic) bond motifs is 5. The first-order valence-electron chi connectivity index (χ1n) is 12.3. The zero-order valence-corrected chi connectivity index (χ0v) is 22.2. The quantitative estimate of drug-likeness (QED) is 0.182. The Morgan fingerprint density at radius 2 is 2.06 bits per heavy atom. The molecular weight excluding hydrogens is 484 g/mol. The number of unbranched alkanes of at least 4 members (excludes halogenated alkanes) is 2. The molecule has 0 aliphatic carbocycles. The van der Waals surface area contributed by atoms with Gasteiger partial charge in [0.2, 0.25) is 0 Å². The number of ether oxygens (including phenoxy) is 3. The highest BCUT2D eigenvalue weighted by Crippen LogP contribution is 2.44. The van der Waals surface area contributed by atoms with Crippen LogP contribution in [-0.4, -0.2) is 65.2 Å². The fourth-order valence-electron chi connectivity index (χ4n) is 4.61. The average molecular weight is 517 g/mol. The lowest BCUT2D eigenvalue weighted by Gasteiger charge is -2.36. The van der Waals surface area contributed by atoms with Crippen molar-refractivity contribution in [2.24, 2.45) is 0 Å². The Hall–Kier alpha value is -2.01. The second-order valence-corrected chi connectivity index (χ2v) is 11.5. The summed E-state index contributed by atoms with van der Waals surface area (Å²) in [4.78, 5) is 29.8. The first kappa shape index (κ1) is 24.7. The second-order valence-electron chi connectivity index (χ2n) is 9.57. The zero-order chi connectivity index (χ0) is 24.4. The van der Waals surface area contributed by atoms with Gasteiger partial charge in [0, 0.05) is 30.5 Å². The van der Waals surface area contributed by atoms with E-state index < -0.39 is 0 Å². The van der Waals surface area contributed by atoms with Gasteiger partial charge in [0.25, 0.3) is 0 Å². The molecule has 0 unspecified atom stereocenters. The molecule has 3 aromatic rings. The number of carbonyl (C=O) groups is 1. The Bertz CT molecular complexity index is 1220. The van der Waals surface area contributed by atoms with Crippen molar-refractivity contribution in [2.75, 3.05) is 43.6 Å². The van der Waals surface area contributed by atoms with Gasteiger partial charge in [0.1, 0.15) is 22.0 Å². The van der Waals surface area contributed by atoms with Gasteiger partial charge in [-0.25, -0.2) is 15.0 Å². The predicted molar refractivity (Wildman–Crippen MR) is 140 cm³/mol. The molecule has 2 aliphatic heterocycles. The Balaban J connectivity index is 1.51. The van der Waals surface area contributed by atoms with Crippen molar-refractivity contribution in [3.05, 3.63) is 17.5 Å². The average Bonchev–Trinajstić information content (AvgIpc) is 3.24. The van der Waals surface area contributed by atoms with Crippen molar-refractivity contribution in [1.82, 2.24) is 15.0 Å². The van der Waals surface area contributed by atoms with Crippen molar-refractivity contribution in [2.45, 2.75) is 63.7 Å². The third-order valence-electron chi connectivity index (χ3n) is 6.42. The van der Waals surface area contributed by atoms with Crippen molar-refractivity contribution in [3.8, 4) is 0 Å². The van der Waals surface area contributed by atoms with Crippen LogP contribution in [0.4, 0.5) is 5.82 Å². The van der Waals surface area contributed by atoms with Gasteiger partial charge in [-0.1, -0.05) is 31.5 Å². The van der Waals surface area contributed by atoms with Gasteiger partial charge in [-0.05, 0) is 25.8 Å². The van der Waals surface area contributed by atoms with Gasteiger partial charge in [0.15, 0.2) is 0 Å². The van der Waals surface area contributed by atoms with Crippen LogP contribution in [0.2, 0.25) is 0 Å². The summed E-state index contributed by atoms with van der Waals surface area (Å²) >= 11 is 3.02. The lowest BCUT2D eigenvalue weighted by atomic mass is 9.90. The number of rotatable bonds is 8. The molecule has 8 nitrogen and oxygen atoms in total. The Kier molecular flexibility index (Phi) is 7.43. The summed E-state index contributed by atoms with van der Waals surface area (Å²) in [6, 6.07) is 0. The lowest BCUT2D eigenvalue weighted by Crippen LogP contribution is -2.39. The molecule has 0 atom stereocenters. The maximum Gasteiger partial charge on any atom is 0.316 e. The zero-order valence-electron chi connectivity index (χ0n) is 20.6. The van der Waals surface area contributed by atoms with Crippen LogP contribution in [0.5, 0.6) is 0 Å². The normalized spacial score (nSPS) is 17.6. The minimum absolute atomic E-state index is 0.206. The van der Waals surface area contributed by atoms with Gasteiger partial charge in [-0.2, -0.15) is 0 Å². The fraction of sp³-hybridized carbons (Fsp3) is 0.600. The molecule has 1 saturated heterocycles. The summed E-state index contributed by atoms with van der Waals surface area (Å²) in [5.41, 5.74) is 3.07. The third-order valence-corrected chi connectivity index (χ3v) is 8.59. The number of esters is 1. The summed E-state index contributed by atoms with van der Waals surface area (Å²) in [7, 11) is 0. The van der Waals surface area contributed by atoms with Crippen molar-refractivity contribution in [1.29, 1.82) is 0 Å². The first-order chi connectivity index (χ1) is 17.0. The van der Waals surface area contributed by atoms with E-state index in [9.17, 15) is 4.79 Å². The number of thioether (sulfide) groups is 1. The molecule has 0 radical (unpaired) electrons. The van der Waals surface area contributed by atoms with E-state index in [4.69, 9.17) is 19.2 Å². The van der Waals surface area contributed by atoms with E-state index in [0.717, 1.165) is 75.6 Å². The first-order valence-corrected chi connectivity index (χ1v) is 14.1. The van der Waals surface area contributed by atoms with Crippen molar-refractivity contribution < 1.29 is 19.0 Å². The monoisotopic (exact) mass is 516 g/mol. The van der Waals surface area contributed by atoms with Crippen LogP contribution in [0.3, 0.4) is 0 Å². The van der Waals surface area contributed by atoms with Crippen LogP contribution in [0.15, 0.2) is 11.4 Å². The van der Waals surface area contributed by atoms with Crippen LogP contribution >= 0.6 is 23.1 Å². The van der Waals surface area contributed by atoms with E-state index in [0.29, 0.717) is 26.4 Å². The number of nitrogens with zero attached hydrogens (tertiary/aromatic N) is 4. The smallest absolute Gasteiger partial charge is 0.316 e. The fourth-order valence-corrected chi connectivity index (χ4v) is 6.64. The van der Waals surface area contributed by atoms with Crippen LogP contribution in [0.25, 0.3) is 20.4 Å². The molecule has 2 aliphatic rings. The molecule has 188 valence electrons. The third kappa shape index (κ3) is 5.26. The van der Waals surface area contributed by atoms with Gasteiger partial charge in [0.05, 0.1) is 48.0 Å². The van der Waals surface area contributed by atoms with E-state index in [1.807, 2.05) is 0 Å². The highest BCUT2D eigenvalue weighted by atomic mass is 32.2. The number of morpholine rings is 1. The van der Waals surface area contributed by atoms with Gasteiger partial charge >= 0.3 is 5.97 Å². The SMILES string of the molecule is CCCCCOC(=O)CSc1ncnc2c1sc1nc(N3CCOCC3)c3c(c12)CC(C)(C)OC3. The van der Waals surface area contributed by atoms with E-state index in [1.54, 1.807) is 17.7 Å². The topological polar surface area (TPSA) is 86.7 Å². The van der Waals surface area contributed by atoms with E-state index >= 15 is 0 Å². The number of thiophene rings is 1. The van der Waals surface area contributed by atoms with Crippen LogP contribution < -0.4 is 4.90 Å². The maximum atomic E-state index is 12.2. The molecule has 0 saturated carbocycles. The molecule has 5 rings (SSSR count). The van der Waals surface area contributed by atoms with Crippen molar-refractivity contribution >= 4 is 55.3 Å². The van der Waals surface area contributed by atoms with Crippen LogP contribution in [-0.2, 0) is 32.0 Å². The summed E-state index contributed by atoms with van der Waals surface area (Å²) < 4.78 is 18.1. The molecule has 0 amide bonds. The summed E-state index contributed by atoms with van der Waals surface area (Å²) in [5.74, 6) is 1.02. The number of pyridine rings is 1. The highest BCUT2D eigenvalue weighted by molar-refractivity contribution is 8.00. The maximum absolute atomic E-state index is 12.2. The highest BCUT2D eigenvalue weighted by Gasteiger charge is 2.33. The molecule has 1 fully saturated rings. The van der Waals surface area contributed by atoms with E-state index in [1.165, 1.54) is 17.3 Å². The predicted octanol–water partition coefficient (Wildman–Crippen LogP) is 4.75. The molecule has 35 heavy (non-hydrogen) atoms. The van der Waals surface area contributed by atoms with E-state index in [-0.39, 0.29) is 17.3 Å². The van der Waals surface area contributed by atoms with Crippen molar-refractivity contribution in [3.63, 3.8) is 0 Å². The molecule has 3 aromatic heterocycles. The Morgan fingerprint density at radius 3 is 2.86 bits per heavy atom. The van der Waals surface area contributed by atoms with Crippen LogP contribution in [0.1, 0.15) is 51.2 Å². The number of anilines is 1. The Morgan fingerprint density at radius 1 is 1.23 bits per heavy atom. The number of aromatic nitrogens is 3. The van der Waals surface area contributed by atoms with Crippen LogP contribution in [0, 0.1) is 0 Å². The molecule has 0 bridgehead atoms. The van der Waals surface area contributed by atoms with Gasteiger partial charge in [-0.15, -0.1) is 11.3 Å². The van der Waals surface area contributed by atoms with Gasteiger partial charge in [-0.3, -0.25) is 4.79 Å². The number of hydrogen-bond donors (Lipinski definition) is 0. The minimum atomic E-state index is -0.260. The molecule has 10 heteroatoms. The standard InChI is InChI=1S/C25H32N4O4S2/c1-4-5-6-9-32-18(30)14-34-24-21-20(26-15-27-24)19-16-12-25(2,3)33-13-17(16)22(28-23(19)35-21)29-7-10-31-11-8-29/h15H,4-14H2,1-3H3. The summed E-state index contributed by atoms with van der Waals surface area (Å²) in [5, 5.41) is 1.90. The number of hydrogen-bond acceptors (Lipinski definition) is 10. The molecule has 0 aromatic carbocycles. The minimum Gasteiger partial charge on any atom is -0.465 e.